The molecule has 0 radical (unpaired) electrons. The number of hydrogen-bond donors (Lipinski definition) is 2. The van der Waals surface area contributed by atoms with Gasteiger partial charge in [-0.05, 0) is 83.9 Å². The van der Waals surface area contributed by atoms with Gasteiger partial charge in [-0.3, -0.25) is 24.5 Å². The standard InChI is InChI=1S/C31H22ClN3O5/c32-25-8-4-5-22(19-25)20-28(34-30(37)24-6-2-1-3-7-24)31(38)33-26-14-12-23(13-15-26)29(36)18-11-21-9-16-27(17-10-21)35(39)40/h1-20H,(H,33,38)(H,34,37)/b18-11+,28-20-. The largest absolute Gasteiger partial charge is 0.321 e. The number of halogens is 1. The first-order valence-electron chi connectivity index (χ1n) is 12.0. The quantitative estimate of drug-likeness (QED) is 0.106. The van der Waals surface area contributed by atoms with Crippen LogP contribution in [0.15, 0.2) is 115 Å². The van der Waals surface area contributed by atoms with Crippen molar-refractivity contribution in [1.29, 1.82) is 0 Å². The molecule has 0 saturated heterocycles. The fraction of sp³-hybridized carbons (Fsp3) is 0. The molecule has 0 saturated carbocycles. The van der Waals surface area contributed by atoms with Crippen LogP contribution in [0.2, 0.25) is 5.02 Å². The smallest absolute Gasteiger partial charge is 0.272 e. The van der Waals surface area contributed by atoms with Gasteiger partial charge < -0.3 is 10.6 Å². The molecule has 40 heavy (non-hydrogen) atoms. The highest BCUT2D eigenvalue weighted by molar-refractivity contribution is 6.30. The monoisotopic (exact) mass is 551 g/mol. The summed E-state index contributed by atoms with van der Waals surface area (Å²) < 4.78 is 0. The molecule has 9 heteroatoms. The van der Waals surface area contributed by atoms with Gasteiger partial charge in [-0.1, -0.05) is 48.0 Å². The van der Waals surface area contributed by atoms with Gasteiger partial charge in [-0.15, -0.1) is 0 Å². The van der Waals surface area contributed by atoms with Crippen molar-refractivity contribution in [2.75, 3.05) is 5.32 Å². The lowest BCUT2D eigenvalue weighted by Gasteiger charge is -2.12. The molecular weight excluding hydrogens is 530 g/mol. The number of nitrogens with zero attached hydrogens (tertiary/aromatic N) is 1. The zero-order chi connectivity index (χ0) is 28.5. The molecule has 2 amide bonds. The van der Waals surface area contributed by atoms with E-state index < -0.39 is 16.7 Å². The highest BCUT2D eigenvalue weighted by atomic mass is 35.5. The summed E-state index contributed by atoms with van der Waals surface area (Å²) >= 11 is 6.08. The molecule has 0 heterocycles. The van der Waals surface area contributed by atoms with Crippen LogP contribution >= 0.6 is 11.6 Å². The van der Waals surface area contributed by atoms with Gasteiger partial charge in [-0.2, -0.15) is 0 Å². The number of anilines is 1. The first-order chi connectivity index (χ1) is 19.3. The molecule has 4 aromatic rings. The summed E-state index contributed by atoms with van der Waals surface area (Å²) in [6.07, 6.45) is 4.44. The van der Waals surface area contributed by atoms with Gasteiger partial charge in [0, 0.05) is 34.0 Å². The number of non-ortho nitro benzene ring substituents is 1. The van der Waals surface area contributed by atoms with Gasteiger partial charge in [0.15, 0.2) is 5.78 Å². The Morgan fingerprint density at radius 1 is 0.775 bits per heavy atom. The highest BCUT2D eigenvalue weighted by Crippen LogP contribution is 2.17. The summed E-state index contributed by atoms with van der Waals surface area (Å²) in [7, 11) is 0. The summed E-state index contributed by atoms with van der Waals surface area (Å²) in [5, 5.41) is 16.6. The topological polar surface area (TPSA) is 118 Å². The number of nitrogens with one attached hydrogen (secondary N) is 2. The van der Waals surface area contributed by atoms with Crippen molar-refractivity contribution in [2.24, 2.45) is 0 Å². The second-order valence-corrected chi connectivity index (χ2v) is 8.95. The molecule has 2 N–H and O–H groups in total. The summed E-state index contributed by atoms with van der Waals surface area (Å²) in [5.41, 5.74) is 2.40. The second kappa shape index (κ2) is 12.9. The van der Waals surface area contributed by atoms with Crippen molar-refractivity contribution in [3.05, 3.63) is 152 Å². The number of hydrogen-bond acceptors (Lipinski definition) is 5. The molecular formula is C31H22ClN3O5. The van der Waals surface area contributed by atoms with Crippen LogP contribution in [-0.2, 0) is 4.79 Å². The molecule has 0 aromatic heterocycles. The Hall–Kier alpha value is -5.34. The summed E-state index contributed by atoms with van der Waals surface area (Å²) in [5.74, 6) is -1.31. The lowest BCUT2D eigenvalue weighted by atomic mass is 10.1. The van der Waals surface area contributed by atoms with Gasteiger partial charge in [0.1, 0.15) is 5.70 Å². The molecule has 0 bridgehead atoms. The Bertz CT molecular complexity index is 1610. The lowest BCUT2D eigenvalue weighted by Crippen LogP contribution is -2.30. The fourth-order valence-corrected chi connectivity index (χ4v) is 3.80. The number of nitro benzene ring substituents is 1. The van der Waals surface area contributed by atoms with Crippen LogP contribution in [0, 0.1) is 10.1 Å². The Morgan fingerprint density at radius 3 is 2.12 bits per heavy atom. The van der Waals surface area contributed by atoms with Gasteiger partial charge >= 0.3 is 0 Å². The van der Waals surface area contributed by atoms with Gasteiger partial charge in [0.25, 0.3) is 17.5 Å². The number of rotatable bonds is 9. The molecule has 0 aliphatic rings. The number of allylic oxidation sites excluding steroid dienone is 1. The van der Waals surface area contributed by atoms with Crippen LogP contribution in [0.25, 0.3) is 12.2 Å². The Balaban J connectivity index is 1.47. The molecule has 0 spiro atoms. The number of amides is 2. The average Bonchev–Trinajstić information content (AvgIpc) is 2.96. The van der Waals surface area contributed by atoms with Crippen molar-refractivity contribution < 1.29 is 19.3 Å². The van der Waals surface area contributed by atoms with E-state index in [0.29, 0.717) is 33.0 Å². The third-order valence-electron chi connectivity index (χ3n) is 5.65. The van der Waals surface area contributed by atoms with Crippen molar-refractivity contribution in [3.63, 3.8) is 0 Å². The Labute approximate surface area is 234 Å². The normalized spacial score (nSPS) is 11.2. The van der Waals surface area contributed by atoms with Crippen molar-refractivity contribution >= 4 is 52.7 Å². The van der Waals surface area contributed by atoms with E-state index in [9.17, 15) is 24.5 Å². The molecule has 0 atom stereocenters. The number of carbonyl (C=O) groups excluding carboxylic acids is 3. The Morgan fingerprint density at radius 2 is 1.48 bits per heavy atom. The predicted octanol–water partition coefficient (Wildman–Crippen LogP) is 6.55. The number of carbonyl (C=O) groups is 3. The summed E-state index contributed by atoms with van der Waals surface area (Å²) in [4.78, 5) is 48.8. The molecule has 4 rings (SSSR count). The first kappa shape index (κ1) is 27.7. The minimum atomic E-state index is -0.568. The predicted molar refractivity (Wildman–Crippen MR) is 155 cm³/mol. The fourth-order valence-electron chi connectivity index (χ4n) is 3.60. The zero-order valence-electron chi connectivity index (χ0n) is 20.9. The Kier molecular flexibility index (Phi) is 8.96. The zero-order valence-corrected chi connectivity index (χ0v) is 21.7. The first-order valence-corrected chi connectivity index (χ1v) is 12.4. The van der Waals surface area contributed by atoms with Crippen molar-refractivity contribution in [1.82, 2.24) is 5.32 Å². The maximum absolute atomic E-state index is 13.2. The van der Waals surface area contributed by atoms with E-state index in [1.165, 1.54) is 24.3 Å². The second-order valence-electron chi connectivity index (χ2n) is 8.51. The van der Waals surface area contributed by atoms with Crippen LogP contribution in [0.3, 0.4) is 0 Å². The van der Waals surface area contributed by atoms with E-state index in [1.807, 2.05) is 0 Å². The van der Waals surface area contributed by atoms with Crippen molar-refractivity contribution in [3.8, 4) is 0 Å². The molecule has 4 aromatic carbocycles. The van der Waals surface area contributed by atoms with E-state index in [1.54, 1.807) is 97.1 Å². The van der Waals surface area contributed by atoms with E-state index in [4.69, 9.17) is 11.6 Å². The van der Waals surface area contributed by atoms with Crippen LogP contribution in [-0.4, -0.2) is 22.5 Å². The molecule has 8 nitrogen and oxygen atoms in total. The highest BCUT2D eigenvalue weighted by Gasteiger charge is 2.15. The van der Waals surface area contributed by atoms with Crippen LogP contribution in [0.5, 0.6) is 0 Å². The van der Waals surface area contributed by atoms with Crippen LogP contribution < -0.4 is 10.6 Å². The summed E-state index contributed by atoms with van der Waals surface area (Å²) in [6, 6.07) is 27.4. The van der Waals surface area contributed by atoms with E-state index in [-0.39, 0.29) is 17.2 Å². The average molecular weight is 552 g/mol. The van der Waals surface area contributed by atoms with Gasteiger partial charge in [0.05, 0.1) is 4.92 Å². The maximum Gasteiger partial charge on any atom is 0.272 e. The SMILES string of the molecule is O=C(Nc1ccc(C(=O)/C=C/c2ccc([N+](=O)[O-])cc2)cc1)/C(=C/c1cccc(Cl)c1)NC(=O)c1ccccc1. The molecule has 0 fully saturated rings. The molecule has 198 valence electrons. The lowest BCUT2D eigenvalue weighted by molar-refractivity contribution is -0.384. The third-order valence-corrected chi connectivity index (χ3v) is 5.88. The minimum Gasteiger partial charge on any atom is -0.321 e. The molecule has 0 aliphatic heterocycles. The van der Waals surface area contributed by atoms with E-state index in [2.05, 4.69) is 10.6 Å². The van der Waals surface area contributed by atoms with Crippen LogP contribution in [0.4, 0.5) is 11.4 Å². The molecule has 0 unspecified atom stereocenters. The summed E-state index contributed by atoms with van der Waals surface area (Å²) in [6.45, 7) is 0. The van der Waals surface area contributed by atoms with Gasteiger partial charge in [0.2, 0.25) is 0 Å². The maximum atomic E-state index is 13.2. The van der Waals surface area contributed by atoms with E-state index in [0.717, 1.165) is 0 Å². The van der Waals surface area contributed by atoms with Crippen molar-refractivity contribution in [2.45, 2.75) is 0 Å². The number of ketones is 1. The molecule has 0 aliphatic carbocycles. The van der Waals surface area contributed by atoms with E-state index >= 15 is 0 Å². The number of benzene rings is 4. The van der Waals surface area contributed by atoms with Gasteiger partial charge in [-0.25, -0.2) is 0 Å². The minimum absolute atomic E-state index is 0.00213. The number of nitro groups is 1. The third kappa shape index (κ3) is 7.59. The van der Waals surface area contributed by atoms with Crippen LogP contribution in [0.1, 0.15) is 31.8 Å².